The van der Waals surface area contributed by atoms with Crippen LogP contribution in [-0.2, 0) is 0 Å². The van der Waals surface area contributed by atoms with Crippen LogP contribution in [0.5, 0.6) is 0 Å². The number of benzene rings is 2. The average molecular weight is 278 g/mol. The van der Waals surface area contributed by atoms with Gasteiger partial charge in [0, 0.05) is 4.70 Å². The second kappa shape index (κ2) is 4.28. The number of fused-ring (bicyclic) bond motifs is 2. The molecule has 0 radical (unpaired) electrons. The fraction of sp³-hybridized carbons (Fsp3) is 0. The van der Waals surface area contributed by atoms with Crippen molar-refractivity contribution in [2.45, 2.75) is 0 Å². The van der Waals surface area contributed by atoms with Crippen LogP contribution in [0.3, 0.4) is 0 Å². The highest BCUT2D eigenvalue weighted by molar-refractivity contribution is 7.21. The van der Waals surface area contributed by atoms with Gasteiger partial charge in [-0.3, -0.25) is 9.78 Å². The van der Waals surface area contributed by atoms with Gasteiger partial charge in [0.15, 0.2) is 0 Å². The van der Waals surface area contributed by atoms with Crippen LogP contribution in [0.1, 0.15) is 0 Å². The van der Waals surface area contributed by atoms with E-state index in [4.69, 9.17) is 4.42 Å². The van der Waals surface area contributed by atoms with Crippen molar-refractivity contribution in [3.8, 4) is 10.6 Å². The Morgan fingerprint density at radius 2 is 1.85 bits per heavy atom. The van der Waals surface area contributed by atoms with Crippen LogP contribution in [0.2, 0.25) is 0 Å². The van der Waals surface area contributed by atoms with Gasteiger partial charge in [-0.05, 0) is 17.7 Å². The first-order valence-corrected chi connectivity index (χ1v) is 6.94. The van der Waals surface area contributed by atoms with Crippen molar-refractivity contribution in [1.29, 1.82) is 0 Å². The topological polar surface area (TPSA) is 43.1 Å². The average Bonchev–Trinajstić information content (AvgIpc) is 2.90. The minimum absolute atomic E-state index is 0.393. The van der Waals surface area contributed by atoms with Crippen LogP contribution in [0, 0.1) is 6.07 Å². The van der Waals surface area contributed by atoms with Crippen LogP contribution in [0.4, 0.5) is 0 Å². The third-order valence-corrected chi connectivity index (χ3v) is 4.12. The van der Waals surface area contributed by atoms with Crippen molar-refractivity contribution in [2.75, 3.05) is 0 Å². The molecule has 0 atom stereocenters. The molecule has 2 heterocycles. The molecule has 2 aromatic carbocycles. The molecule has 0 fully saturated rings. The van der Waals surface area contributed by atoms with Crippen LogP contribution in [-0.4, -0.2) is 4.98 Å². The SMILES string of the molecule is O=c1oc2ccccc2[c-]c1-c1nc2ccccc2s1. The van der Waals surface area contributed by atoms with E-state index in [0.29, 0.717) is 16.2 Å². The van der Waals surface area contributed by atoms with Crippen LogP contribution >= 0.6 is 11.3 Å². The van der Waals surface area contributed by atoms with Gasteiger partial charge in [0.25, 0.3) is 5.63 Å². The minimum Gasteiger partial charge on any atom is -0.496 e. The smallest absolute Gasteiger partial charge is 0.269 e. The van der Waals surface area contributed by atoms with Crippen molar-refractivity contribution in [3.05, 3.63) is 65.0 Å². The first-order valence-electron chi connectivity index (χ1n) is 6.12. The van der Waals surface area contributed by atoms with Gasteiger partial charge < -0.3 is 4.42 Å². The van der Waals surface area contributed by atoms with Gasteiger partial charge in [-0.2, -0.15) is 11.3 Å². The summed E-state index contributed by atoms with van der Waals surface area (Å²) in [6.45, 7) is 0. The van der Waals surface area contributed by atoms with Crippen molar-refractivity contribution < 1.29 is 4.42 Å². The Kier molecular flexibility index (Phi) is 2.44. The van der Waals surface area contributed by atoms with Crippen molar-refractivity contribution in [1.82, 2.24) is 4.98 Å². The lowest BCUT2D eigenvalue weighted by molar-refractivity contribution is 0.563. The molecular weight excluding hydrogens is 270 g/mol. The molecule has 4 rings (SSSR count). The molecule has 4 heteroatoms. The number of thiazole rings is 1. The molecule has 0 amide bonds. The minimum atomic E-state index is -0.400. The van der Waals surface area contributed by atoms with Gasteiger partial charge >= 0.3 is 0 Å². The van der Waals surface area contributed by atoms with Gasteiger partial charge in [-0.25, -0.2) is 0 Å². The van der Waals surface area contributed by atoms with E-state index in [9.17, 15) is 4.79 Å². The number of nitrogens with zero attached hydrogens (tertiary/aromatic N) is 1. The maximum Gasteiger partial charge on any atom is 0.269 e. The van der Waals surface area contributed by atoms with Gasteiger partial charge in [0.05, 0.1) is 16.1 Å². The van der Waals surface area contributed by atoms with E-state index in [-0.39, 0.29) is 0 Å². The van der Waals surface area contributed by atoms with Crippen LogP contribution in [0.25, 0.3) is 31.8 Å². The standard InChI is InChI=1S/C16H8NO2S/c18-16-11(9-10-5-1-3-7-13(10)19-16)15-17-12-6-2-4-8-14(12)20-15/h1-8H/q-1. The number of rotatable bonds is 1. The Morgan fingerprint density at radius 3 is 2.75 bits per heavy atom. The molecule has 96 valence electrons. The first-order chi connectivity index (χ1) is 9.81. The van der Waals surface area contributed by atoms with E-state index in [0.717, 1.165) is 15.6 Å². The van der Waals surface area contributed by atoms with E-state index in [1.54, 1.807) is 6.07 Å². The lowest BCUT2D eigenvalue weighted by atomic mass is 10.2. The van der Waals surface area contributed by atoms with E-state index < -0.39 is 5.63 Å². The lowest BCUT2D eigenvalue weighted by Crippen LogP contribution is -2.02. The molecule has 0 unspecified atom stereocenters. The summed E-state index contributed by atoms with van der Waals surface area (Å²) in [7, 11) is 0. The number of hydrogen-bond donors (Lipinski definition) is 0. The molecule has 0 bridgehead atoms. The molecule has 20 heavy (non-hydrogen) atoms. The quantitative estimate of drug-likeness (QED) is 0.392. The highest BCUT2D eigenvalue weighted by Gasteiger charge is 2.06. The molecule has 3 nitrogen and oxygen atoms in total. The van der Waals surface area contributed by atoms with Crippen molar-refractivity contribution in [3.63, 3.8) is 0 Å². The zero-order valence-electron chi connectivity index (χ0n) is 10.3. The zero-order chi connectivity index (χ0) is 13.5. The molecule has 0 saturated carbocycles. The highest BCUT2D eigenvalue weighted by Crippen LogP contribution is 2.29. The van der Waals surface area contributed by atoms with Gasteiger partial charge in [-0.1, -0.05) is 35.7 Å². The molecule has 0 aliphatic carbocycles. The predicted octanol–water partition coefficient (Wildman–Crippen LogP) is 3.87. The number of para-hydroxylation sites is 2. The summed E-state index contributed by atoms with van der Waals surface area (Å²) in [5.74, 6) is 0. The zero-order valence-corrected chi connectivity index (χ0v) is 11.1. The van der Waals surface area contributed by atoms with E-state index in [1.165, 1.54) is 11.3 Å². The highest BCUT2D eigenvalue weighted by atomic mass is 32.1. The fourth-order valence-electron chi connectivity index (χ4n) is 2.12. The summed E-state index contributed by atoms with van der Waals surface area (Å²) in [5.41, 5.74) is 1.42. The number of aromatic nitrogens is 1. The van der Waals surface area contributed by atoms with Crippen molar-refractivity contribution >= 4 is 32.5 Å². The van der Waals surface area contributed by atoms with Gasteiger partial charge in [0.1, 0.15) is 0 Å². The summed E-state index contributed by atoms with van der Waals surface area (Å²) < 4.78 is 6.37. The third-order valence-electron chi connectivity index (χ3n) is 3.06. The summed E-state index contributed by atoms with van der Waals surface area (Å²) >= 11 is 1.47. The van der Waals surface area contributed by atoms with Crippen molar-refractivity contribution in [2.24, 2.45) is 0 Å². The monoisotopic (exact) mass is 278 g/mol. The summed E-state index contributed by atoms with van der Waals surface area (Å²) in [4.78, 5) is 16.6. The molecule has 0 aliphatic rings. The summed E-state index contributed by atoms with van der Waals surface area (Å²) in [5, 5.41) is 1.42. The van der Waals surface area contributed by atoms with E-state index in [1.807, 2.05) is 42.5 Å². The predicted molar refractivity (Wildman–Crippen MR) is 79.9 cm³/mol. The molecule has 0 saturated heterocycles. The first kappa shape index (κ1) is 11.4. The fourth-order valence-corrected chi connectivity index (χ4v) is 3.07. The van der Waals surface area contributed by atoms with E-state index in [2.05, 4.69) is 11.1 Å². The second-order valence-corrected chi connectivity index (χ2v) is 5.40. The van der Waals surface area contributed by atoms with Gasteiger partial charge in [0.2, 0.25) is 0 Å². The maximum absolute atomic E-state index is 12.1. The van der Waals surface area contributed by atoms with Crippen LogP contribution in [0.15, 0.2) is 57.7 Å². The van der Waals surface area contributed by atoms with E-state index >= 15 is 0 Å². The Morgan fingerprint density at radius 1 is 1.05 bits per heavy atom. The second-order valence-electron chi connectivity index (χ2n) is 4.37. The largest absolute Gasteiger partial charge is 0.496 e. The maximum atomic E-state index is 12.1. The summed E-state index contributed by atoms with van der Waals surface area (Å²) in [6, 6.07) is 18.3. The molecule has 0 spiro atoms. The lowest BCUT2D eigenvalue weighted by Gasteiger charge is -2.05. The number of hydrogen-bond acceptors (Lipinski definition) is 4. The molecule has 0 aliphatic heterocycles. The summed E-state index contributed by atoms with van der Waals surface area (Å²) in [6.07, 6.45) is 0. The molecule has 4 aromatic rings. The third kappa shape index (κ3) is 1.73. The Hall–Kier alpha value is -2.46. The molecule has 0 N–H and O–H groups in total. The van der Waals surface area contributed by atoms with Gasteiger partial charge in [-0.15, -0.1) is 12.1 Å². The molecular formula is C16H8NO2S-. The molecule has 2 aromatic heterocycles. The Bertz CT molecular complexity index is 951. The van der Waals surface area contributed by atoms with Crippen LogP contribution < -0.4 is 5.63 Å². The Balaban J connectivity index is 2.01. The normalized spacial score (nSPS) is 11.2. The Labute approximate surface area is 118 Å².